The second kappa shape index (κ2) is 8.92. The summed E-state index contributed by atoms with van der Waals surface area (Å²) < 4.78 is 45.8. The fraction of sp³-hybridized carbons (Fsp3) is 0.0667. The number of benzene rings is 3. The van der Waals surface area contributed by atoms with Crippen molar-refractivity contribution in [3.63, 3.8) is 0 Å². The first-order valence-corrected chi connectivity index (χ1v) is 13.4. The maximum atomic E-state index is 15.0. The summed E-state index contributed by atoms with van der Waals surface area (Å²) in [6.45, 7) is 1.09. The van der Waals surface area contributed by atoms with Gasteiger partial charge in [-0.15, -0.1) is 0 Å². The molecule has 0 radical (unpaired) electrons. The standard InChI is InChI=1S/C30H23F2N2OP/c31-24-10-6-22(7-11-24)18-33-16-14-27-28-15-17-34(19-23-8-12-25(32)13-9-23)21-30(28)36(35,29(27)20-33)26-4-2-1-3-5-26/h1-17,20-21H,18-19H2/q+2. The molecular formula is C30H23F2N2OP+2. The van der Waals surface area contributed by atoms with Crippen molar-refractivity contribution in [3.8, 4) is 11.1 Å². The van der Waals surface area contributed by atoms with Crippen molar-refractivity contribution in [2.45, 2.75) is 13.1 Å². The third kappa shape index (κ3) is 3.96. The molecule has 0 bridgehead atoms. The summed E-state index contributed by atoms with van der Waals surface area (Å²) in [6, 6.07) is 26.5. The highest BCUT2D eigenvalue weighted by molar-refractivity contribution is 7.86. The molecule has 176 valence electrons. The molecule has 0 amide bonds. The molecule has 2 aromatic heterocycles. The van der Waals surface area contributed by atoms with E-state index in [2.05, 4.69) is 0 Å². The van der Waals surface area contributed by atoms with Gasteiger partial charge in [0, 0.05) is 39.7 Å². The largest absolute Gasteiger partial charge is 0.308 e. The summed E-state index contributed by atoms with van der Waals surface area (Å²) in [5.74, 6) is -0.536. The van der Waals surface area contributed by atoms with E-state index >= 15 is 4.57 Å². The quantitative estimate of drug-likeness (QED) is 0.259. The van der Waals surface area contributed by atoms with Gasteiger partial charge in [-0.05, 0) is 48.5 Å². The fourth-order valence-electron chi connectivity index (χ4n) is 4.85. The summed E-state index contributed by atoms with van der Waals surface area (Å²) in [7, 11) is -3.14. The maximum Gasteiger partial charge on any atom is 0.184 e. The minimum absolute atomic E-state index is 0.268. The van der Waals surface area contributed by atoms with Gasteiger partial charge in [0.2, 0.25) is 0 Å². The minimum atomic E-state index is -3.14. The number of halogens is 2. The van der Waals surface area contributed by atoms with E-state index in [0.29, 0.717) is 13.1 Å². The van der Waals surface area contributed by atoms with Crippen LogP contribution in [0, 0.1) is 11.6 Å². The SMILES string of the molecule is O=P1(c2ccccc2)c2c[n+](Cc3ccc(F)cc3)ccc2-c2cc[n+](Cc3ccc(F)cc3)cc21. The van der Waals surface area contributed by atoms with Gasteiger partial charge < -0.3 is 4.57 Å². The number of aromatic nitrogens is 2. The third-order valence-corrected chi connectivity index (χ3v) is 9.73. The Balaban J connectivity index is 1.45. The van der Waals surface area contributed by atoms with E-state index in [1.165, 1.54) is 24.3 Å². The summed E-state index contributed by atoms with van der Waals surface area (Å²) in [5, 5.41) is 2.38. The van der Waals surface area contributed by atoms with Crippen LogP contribution in [-0.2, 0) is 17.7 Å². The second-order valence-electron chi connectivity index (χ2n) is 9.03. The van der Waals surface area contributed by atoms with E-state index in [1.807, 2.05) is 76.4 Å². The van der Waals surface area contributed by atoms with Crippen LogP contribution in [-0.4, -0.2) is 0 Å². The molecule has 3 heterocycles. The van der Waals surface area contributed by atoms with Crippen molar-refractivity contribution < 1.29 is 22.5 Å². The Labute approximate surface area is 208 Å². The van der Waals surface area contributed by atoms with Crippen LogP contribution in [0.1, 0.15) is 11.1 Å². The highest BCUT2D eigenvalue weighted by atomic mass is 31.2. The lowest BCUT2D eigenvalue weighted by Gasteiger charge is -2.14. The average molecular weight is 496 g/mol. The van der Waals surface area contributed by atoms with E-state index in [0.717, 1.165) is 38.2 Å². The Morgan fingerprint density at radius 3 is 1.47 bits per heavy atom. The Morgan fingerprint density at radius 2 is 1.03 bits per heavy atom. The van der Waals surface area contributed by atoms with Crippen LogP contribution in [0.25, 0.3) is 11.1 Å². The molecule has 0 atom stereocenters. The first-order chi connectivity index (χ1) is 17.5. The molecule has 1 aliphatic rings. The second-order valence-corrected chi connectivity index (χ2v) is 11.7. The van der Waals surface area contributed by atoms with Crippen molar-refractivity contribution in [2.24, 2.45) is 0 Å². The molecule has 3 nitrogen and oxygen atoms in total. The van der Waals surface area contributed by atoms with Gasteiger partial charge in [0.1, 0.15) is 11.6 Å². The predicted molar refractivity (Wildman–Crippen MR) is 136 cm³/mol. The smallest absolute Gasteiger partial charge is 0.184 e. The van der Waals surface area contributed by atoms with E-state index in [9.17, 15) is 8.78 Å². The number of rotatable bonds is 5. The van der Waals surface area contributed by atoms with Gasteiger partial charge in [-0.25, -0.2) is 8.78 Å². The van der Waals surface area contributed by atoms with Crippen LogP contribution >= 0.6 is 7.14 Å². The van der Waals surface area contributed by atoms with Gasteiger partial charge in [0.15, 0.2) is 45.0 Å². The summed E-state index contributed by atoms with van der Waals surface area (Å²) in [6.07, 6.45) is 7.89. The number of fused-ring (bicyclic) bond motifs is 3. The molecule has 0 unspecified atom stereocenters. The molecule has 0 aliphatic carbocycles. The van der Waals surface area contributed by atoms with Gasteiger partial charge in [-0.2, -0.15) is 9.13 Å². The lowest BCUT2D eigenvalue weighted by atomic mass is 10.1. The highest BCUT2D eigenvalue weighted by Gasteiger charge is 2.44. The molecule has 6 rings (SSSR count). The van der Waals surface area contributed by atoms with E-state index in [1.54, 1.807) is 24.3 Å². The van der Waals surface area contributed by atoms with Gasteiger partial charge in [0.25, 0.3) is 0 Å². The van der Waals surface area contributed by atoms with Gasteiger partial charge >= 0.3 is 0 Å². The zero-order valence-electron chi connectivity index (χ0n) is 19.4. The summed E-state index contributed by atoms with van der Waals surface area (Å²) in [4.78, 5) is 0. The molecule has 0 N–H and O–H groups in total. The van der Waals surface area contributed by atoms with Crippen molar-refractivity contribution in [3.05, 3.63) is 139 Å². The van der Waals surface area contributed by atoms with Crippen LogP contribution in [0.15, 0.2) is 116 Å². The molecule has 6 heteroatoms. The topological polar surface area (TPSA) is 24.8 Å². The van der Waals surface area contributed by atoms with E-state index in [4.69, 9.17) is 0 Å². The number of hydrogen-bond donors (Lipinski definition) is 0. The van der Waals surface area contributed by atoms with Crippen LogP contribution in [0.4, 0.5) is 8.78 Å². The molecule has 5 aromatic rings. The summed E-state index contributed by atoms with van der Waals surface area (Å²) >= 11 is 0. The Kier molecular flexibility index (Phi) is 5.58. The molecule has 0 saturated carbocycles. The number of pyridine rings is 2. The van der Waals surface area contributed by atoms with Crippen LogP contribution in [0.2, 0.25) is 0 Å². The monoisotopic (exact) mass is 496 g/mol. The number of hydrogen-bond acceptors (Lipinski definition) is 1. The van der Waals surface area contributed by atoms with Gasteiger partial charge in [0.05, 0.1) is 10.6 Å². The zero-order chi connectivity index (χ0) is 24.7. The maximum absolute atomic E-state index is 15.0. The molecule has 3 aromatic carbocycles. The van der Waals surface area contributed by atoms with E-state index < -0.39 is 7.14 Å². The normalized spacial score (nSPS) is 13.3. The Bertz CT molecular complexity index is 1520. The third-order valence-electron chi connectivity index (χ3n) is 6.64. The Hall–Kier alpha value is -3.95. The van der Waals surface area contributed by atoms with Crippen LogP contribution in [0.5, 0.6) is 0 Å². The molecular weight excluding hydrogens is 473 g/mol. The first kappa shape index (κ1) is 22.5. The number of nitrogens with zero attached hydrogens (tertiary/aromatic N) is 2. The van der Waals surface area contributed by atoms with Crippen LogP contribution < -0.4 is 25.0 Å². The lowest BCUT2D eigenvalue weighted by Crippen LogP contribution is -2.39. The van der Waals surface area contributed by atoms with Crippen molar-refractivity contribution in [1.82, 2.24) is 0 Å². The fourth-order valence-corrected chi connectivity index (χ4v) is 7.95. The minimum Gasteiger partial charge on any atom is -0.308 e. The predicted octanol–water partition coefficient (Wildman–Crippen LogP) is 4.26. The van der Waals surface area contributed by atoms with E-state index in [-0.39, 0.29) is 11.6 Å². The van der Waals surface area contributed by atoms with Gasteiger partial charge in [-0.1, -0.05) is 30.3 Å². The van der Waals surface area contributed by atoms with Crippen molar-refractivity contribution in [2.75, 3.05) is 0 Å². The highest BCUT2D eigenvalue weighted by Crippen LogP contribution is 2.51. The first-order valence-electron chi connectivity index (χ1n) is 11.7. The van der Waals surface area contributed by atoms with Gasteiger partial charge in [-0.3, -0.25) is 0 Å². The average Bonchev–Trinajstić information content (AvgIpc) is 3.16. The zero-order valence-corrected chi connectivity index (χ0v) is 20.3. The van der Waals surface area contributed by atoms with Crippen LogP contribution in [0.3, 0.4) is 0 Å². The molecule has 1 aliphatic heterocycles. The lowest BCUT2D eigenvalue weighted by molar-refractivity contribution is -0.687. The Morgan fingerprint density at radius 1 is 0.583 bits per heavy atom. The molecule has 0 saturated heterocycles. The molecule has 36 heavy (non-hydrogen) atoms. The summed E-state index contributed by atoms with van der Waals surface area (Å²) in [5.41, 5.74) is 3.84. The molecule has 0 spiro atoms. The van der Waals surface area contributed by atoms with Crippen molar-refractivity contribution in [1.29, 1.82) is 0 Å². The van der Waals surface area contributed by atoms with Crippen molar-refractivity contribution >= 4 is 23.1 Å². The molecule has 0 fully saturated rings.